The van der Waals surface area contributed by atoms with Gasteiger partial charge in [0, 0.05) is 12.6 Å². The molecule has 8 nitrogen and oxygen atoms in total. The number of anilines is 1. The maximum absolute atomic E-state index is 12.9. The van der Waals surface area contributed by atoms with Gasteiger partial charge in [-0.3, -0.25) is 4.72 Å². The van der Waals surface area contributed by atoms with Crippen LogP contribution in [0, 0.1) is 0 Å². The molecular formula is C26H30F2N2O6S. The van der Waals surface area contributed by atoms with Gasteiger partial charge in [0.1, 0.15) is 5.75 Å². The Morgan fingerprint density at radius 2 is 1.68 bits per heavy atom. The predicted octanol–water partition coefficient (Wildman–Crippen LogP) is 3.85. The van der Waals surface area contributed by atoms with Gasteiger partial charge in [0.15, 0.2) is 11.5 Å². The van der Waals surface area contributed by atoms with Gasteiger partial charge in [-0.25, -0.2) is 8.42 Å². The first-order valence-electron chi connectivity index (χ1n) is 11.4. The molecule has 0 unspecified atom stereocenters. The van der Waals surface area contributed by atoms with Crippen molar-refractivity contribution in [2.24, 2.45) is 0 Å². The zero-order valence-electron chi connectivity index (χ0n) is 20.4. The van der Waals surface area contributed by atoms with Crippen LogP contribution in [-0.2, 0) is 22.9 Å². The summed E-state index contributed by atoms with van der Waals surface area (Å²) in [4.78, 5) is 0. The second-order valence-corrected chi connectivity index (χ2v) is 10.3. The lowest BCUT2D eigenvalue weighted by atomic mass is 9.97. The highest BCUT2D eigenvalue weighted by Gasteiger charge is 2.19. The van der Waals surface area contributed by atoms with E-state index in [1.165, 1.54) is 25.3 Å². The largest absolute Gasteiger partial charge is 0.506 e. The SMILES string of the molecule is COc1ccc([C@@H](Cc2ccccc2)NC[C@@H](O)Cc2ccc(O)c(NS(C)(=O)=O)c2)cc1OC(F)F. The Bertz CT molecular complexity index is 1280. The Morgan fingerprint density at radius 3 is 2.32 bits per heavy atom. The zero-order valence-corrected chi connectivity index (χ0v) is 21.2. The van der Waals surface area contributed by atoms with E-state index >= 15 is 0 Å². The van der Waals surface area contributed by atoms with Crippen molar-refractivity contribution in [2.75, 3.05) is 24.6 Å². The fourth-order valence-electron chi connectivity index (χ4n) is 3.87. The van der Waals surface area contributed by atoms with Crippen molar-refractivity contribution in [1.82, 2.24) is 5.32 Å². The third-order valence-corrected chi connectivity index (χ3v) is 6.11. The molecule has 3 aromatic carbocycles. The number of rotatable bonds is 13. The average Bonchev–Trinajstić information content (AvgIpc) is 2.83. The van der Waals surface area contributed by atoms with E-state index in [9.17, 15) is 27.4 Å². The van der Waals surface area contributed by atoms with Crippen LogP contribution in [0.3, 0.4) is 0 Å². The number of alkyl halides is 2. The molecule has 0 aliphatic rings. The van der Waals surface area contributed by atoms with Gasteiger partial charge >= 0.3 is 6.61 Å². The molecule has 0 fully saturated rings. The van der Waals surface area contributed by atoms with Crippen LogP contribution >= 0.6 is 0 Å². The topological polar surface area (TPSA) is 117 Å². The fraction of sp³-hybridized carbons (Fsp3) is 0.308. The maximum Gasteiger partial charge on any atom is 0.387 e. The van der Waals surface area contributed by atoms with E-state index in [2.05, 4.69) is 14.8 Å². The molecule has 0 bridgehead atoms. The molecule has 3 aromatic rings. The molecule has 2 atom stereocenters. The zero-order chi connectivity index (χ0) is 27.0. The second kappa shape index (κ2) is 12.7. The molecule has 3 rings (SSSR count). The van der Waals surface area contributed by atoms with Crippen molar-refractivity contribution in [2.45, 2.75) is 31.6 Å². The summed E-state index contributed by atoms with van der Waals surface area (Å²) >= 11 is 0. The Morgan fingerprint density at radius 1 is 0.946 bits per heavy atom. The number of hydrogen-bond donors (Lipinski definition) is 4. The molecule has 0 amide bonds. The number of aliphatic hydroxyl groups is 1. The van der Waals surface area contributed by atoms with Crippen molar-refractivity contribution in [3.63, 3.8) is 0 Å². The second-order valence-electron chi connectivity index (χ2n) is 8.52. The first kappa shape index (κ1) is 28.2. The first-order valence-corrected chi connectivity index (χ1v) is 13.3. The lowest BCUT2D eigenvalue weighted by Crippen LogP contribution is -2.32. The van der Waals surface area contributed by atoms with Gasteiger partial charge in [0.05, 0.1) is 25.2 Å². The van der Waals surface area contributed by atoms with Gasteiger partial charge in [-0.15, -0.1) is 0 Å². The monoisotopic (exact) mass is 536 g/mol. The molecule has 0 saturated carbocycles. The first-order chi connectivity index (χ1) is 17.5. The molecule has 37 heavy (non-hydrogen) atoms. The Kier molecular flexibility index (Phi) is 9.67. The third-order valence-electron chi connectivity index (χ3n) is 5.52. The third kappa shape index (κ3) is 8.88. The molecule has 0 aliphatic carbocycles. The summed E-state index contributed by atoms with van der Waals surface area (Å²) in [6.45, 7) is -2.87. The molecule has 200 valence electrons. The van der Waals surface area contributed by atoms with E-state index in [0.29, 0.717) is 17.5 Å². The molecule has 0 heterocycles. The van der Waals surface area contributed by atoms with Crippen LogP contribution in [0.4, 0.5) is 14.5 Å². The highest BCUT2D eigenvalue weighted by molar-refractivity contribution is 7.92. The molecule has 11 heteroatoms. The van der Waals surface area contributed by atoms with Crippen LogP contribution in [0.15, 0.2) is 66.7 Å². The van der Waals surface area contributed by atoms with E-state index in [1.807, 2.05) is 30.3 Å². The molecule has 0 aliphatic heterocycles. The van der Waals surface area contributed by atoms with Crippen LogP contribution in [0.5, 0.6) is 17.2 Å². The minimum Gasteiger partial charge on any atom is -0.506 e. The summed E-state index contributed by atoms with van der Waals surface area (Å²) in [5.74, 6) is -0.148. The lowest BCUT2D eigenvalue weighted by molar-refractivity contribution is -0.0512. The summed E-state index contributed by atoms with van der Waals surface area (Å²) < 4.78 is 61.0. The molecule has 4 N–H and O–H groups in total. The fourth-order valence-corrected chi connectivity index (χ4v) is 4.43. The maximum atomic E-state index is 12.9. The molecule has 0 spiro atoms. The van der Waals surface area contributed by atoms with Gasteiger partial charge in [-0.05, 0) is 53.8 Å². The number of methoxy groups -OCH3 is 1. The Hall–Kier alpha value is -3.41. The van der Waals surface area contributed by atoms with Gasteiger partial charge in [0.2, 0.25) is 10.0 Å². The standard InChI is InChI=1S/C26H30F2N2O6S/c1-35-24-11-9-19(15-25(24)36-26(27)28)21(13-17-6-4-3-5-7-17)29-16-20(31)12-18-8-10-23(32)22(14-18)30-37(2,33)34/h3-11,14-15,20-21,26,29-32H,12-13,16H2,1-2H3/t20-,21+/m0/s1. The Labute approximate surface area is 214 Å². The van der Waals surface area contributed by atoms with E-state index in [-0.39, 0.29) is 41.9 Å². The number of hydrogen-bond acceptors (Lipinski definition) is 7. The van der Waals surface area contributed by atoms with E-state index in [0.717, 1.165) is 11.8 Å². The van der Waals surface area contributed by atoms with Crippen LogP contribution in [-0.4, -0.2) is 51.3 Å². The summed E-state index contributed by atoms with van der Waals surface area (Å²) in [5.41, 5.74) is 2.29. The Balaban J connectivity index is 1.77. The van der Waals surface area contributed by atoms with E-state index in [4.69, 9.17) is 4.74 Å². The van der Waals surface area contributed by atoms with Crippen molar-refractivity contribution in [3.05, 3.63) is 83.4 Å². The van der Waals surface area contributed by atoms with Crippen LogP contribution < -0.4 is 19.5 Å². The summed E-state index contributed by atoms with van der Waals surface area (Å²) in [6, 6.07) is 18.4. The van der Waals surface area contributed by atoms with E-state index < -0.39 is 22.7 Å². The van der Waals surface area contributed by atoms with Crippen molar-refractivity contribution in [1.29, 1.82) is 0 Å². The highest BCUT2D eigenvalue weighted by Crippen LogP contribution is 2.33. The molecule has 0 saturated heterocycles. The van der Waals surface area contributed by atoms with Crippen molar-refractivity contribution in [3.8, 4) is 17.2 Å². The number of benzene rings is 3. The average molecular weight is 537 g/mol. The molecule has 0 radical (unpaired) electrons. The molecular weight excluding hydrogens is 506 g/mol. The van der Waals surface area contributed by atoms with Crippen LogP contribution in [0.25, 0.3) is 0 Å². The van der Waals surface area contributed by atoms with Gasteiger partial charge in [-0.2, -0.15) is 8.78 Å². The normalized spacial score (nSPS) is 13.2. The number of nitrogens with one attached hydrogen (secondary N) is 2. The minimum atomic E-state index is -3.59. The van der Waals surface area contributed by atoms with Crippen molar-refractivity contribution >= 4 is 15.7 Å². The number of aliphatic hydroxyl groups excluding tert-OH is 1. The van der Waals surface area contributed by atoms with Gasteiger partial charge in [0.25, 0.3) is 0 Å². The van der Waals surface area contributed by atoms with Gasteiger partial charge in [-0.1, -0.05) is 42.5 Å². The quantitative estimate of drug-likeness (QED) is 0.245. The van der Waals surface area contributed by atoms with Crippen molar-refractivity contribution < 1.29 is 36.9 Å². The summed E-state index contributed by atoms with van der Waals surface area (Å²) in [5, 5.41) is 23.9. The van der Waals surface area contributed by atoms with Crippen LogP contribution in [0.1, 0.15) is 22.7 Å². The number of phenolic OH excluding ortho intramolecular Hbond substituents is 1. The number of ether oxygens (including phenoxy) is 2. The number of halogens is 2. The lowest BCUT2D eigenvalue weighted by Gasteiger charge is -2.23. The summed E-state index contributed by atoms with van der Waals surface area (Å²) in [7, 11) is -2.23. The smallest absolute Gasteiger partial charge is 0.387 e. The number of sulfonamides is 1. The van der Waals surface area contributed by atoms with Gasteiger partial charge < -0.3 is 25.0 Å². The molecule has 0 aromatic heterocycles. The number of phenols is 1. The summed E-state index contributed by atoms with van der Waals surface area (Å²) in [6.07, 6.45) is 0.785. The van der Waals surface area contributed by atoms with E-state index in [1.54, 1.807) is 18.2 Å². The number of aromatic hydroxyl groups is 1. The minimum absolute atomic E-state index is 0.0203. The highest BCUT2D eigenvalue weighted by atomic mass is 32.2. The van der Waals surface area contributed by atoms with Crippen LogP contribution in [0.2, 0.25) is 0 Å². The predicted molar refractivity (Wildman–Crippen MR) is 137 cm³/mol.